The third-order valence-electron chi connectivity index (χ3n) is 4.00. The monoisotopic (exact) mass is 338 g/mol. The molecule has 0 aliphatic heterocycles. The third kappa shape index (κ3) is 3.54. The van der Waals surface area contributed by atoms with Gasteiger partial charge in [0.25, 0.3) is 0 Å². The maximum atomic E-state index is 4.71. The fourth-order valence-corrected chi connectivity index (χ4v) is 2.75. The lowest BCUT2D eigenvalue weighted by atomic mass is 10.1. The van der Waals surface area contributed by atoms with Gasteiger partial charge in [-0.25, -0.2) is 10.4 Å². The predicted molar refractivity (Wildman–Crippen MR) is 107 cm³/mol. The molecule has 0 saturated heterocycles. The Morgan fingerprint density at radius 1 is 0.731 bits per heavy atom. The van der Waals surface area contributed by atoms with Crippen LogP contribution in [-0.2, 0) is 0 Å². The Labute approximate surface area is 152 Å². The van der Waals surface area contributed by atoms with Gasteiger partial charge in [-0.05, 0) is 5.56 Å². The molecule has 0 radical (unpaired) electrons. The summed E-state index contributed by atoms with van der Waals surface area (Å²) >= 11 is 0. The summed E-state index contributed by atoms with van der Waals surface area (Å²) < 4.78 is 0. The molecule has 3 aromatic carbocycles. The summed E-state index contributed by atoms with van der Waals surface area (Å²) in [6.07, 6.45) is 1.77. The average molecular weight is 338 g/mol. The number of anilines is 1. The van der Waals surface area contributed by atoms with Crippen molar-refractivity contribution >= 4 is 12.2 Å². The molecule has 1 heterocycles. The maximum absolute atomic E-state index is 4.71. The van der Waals surface area contributed by atoms with Crippen molar-refractivity contribution in [3.8, 4) is 22.5 Å². The molecule has 0 amide bonds. The number of nitrogens with zero attached hydrogens (tertiary/aromatic N) is 2. The summed E-state index contributed by atoms with van der Waals surface area (Å²) in [5.41, 5.74) is 8.03. The summed E-state index contributed by atoms with van der Waals surface area (Å²) in [6, 6.07) is 30.3. The Kier molecular flexibility index (Phi) is 4.56. The summed E-state index contributed by atoms with van der Waals surface area (Å²) in [7, 11) is 0. The van der Waals surface area contributed by atoms with Crippen LogP contribution in [-0.4, -0.2) is 16.2 Å². The zero-order valence-electron chi connectivity index (χ0n) is 14.1. The zero-order chi connectivity index (χ0) is 17.6. The van der Waals surface area contributed by atoms with Crippen molar-refractivity contribution in [1.82, 2.24) is 9.97 Å². The van der Waals surface area contributed by atoms with E-state index in [9.17, 15) is 0 Å². The third-order valence-corrected chi connectivity index (χ3v) is 4.00. The SMILES string of the molecule is C(=N/Nc1nc(-c2ccccc2)c(-c2ccccc2)[nH]1)/c1ccccc1. The van der Waals surface area contributed by atoms with Crippen LogP contribution < -0.4 is 5.43 Å². The van der Waals surface area contributed by atoms with Crippen molar-refractivity contribution in [3.63, 3.8) is 0 Å². The van der Waals surface area contributed by atoms with Crippen LogP contribution >= 0.6 is 0 Å². The van der Waals surface area contributed by atoms with E-state index in [0.717, 1.165) is 28.1 Å². The molecular formula is C22H18N4. The molecule has 0 saturated carbocycles. The Morgan fingerprint density at radius 2 is 1.31 bits per heavy atom. The van der Waals surface area contributed by atoms with Crippen LogP contribution in [0, 0.1) is 0 Å². The molecule has 0 atom stereocenters. The molecule has 4 heteroatoms. The maximum Gasteiger partial charge on any atom is 0.222 e. The average Bonchev–Trinajstić information content (AvgIpc) is 3.14. The standard InChI is InChI=1S/C22H18N4/c1-4-10-17(11-5-1)16-23-26-22-24-20(18-12-6-2-7-13-18)21(25-22)19-14-8-3-9-15-19/h1-16H,(H2,24,25,26)/b23-16-. The van der Waals surface area contributed by atoms with Crippen molar-refractivity contribution in [2.75, 3.05) is 5.43 Å². The van der Waals surface area contributed by atoms with Crippen molar-refractivity contribution in [3.05, 3.63) is 96.6 Å². The number of nitrogens with one attached hydrogen (secondary N) is 2. The van der Waals surface area contributed by atoms with E-state index in [0.29, 0.717) is 5.95 Å². The van der Waals surface area contributed by atoms with Gasteiger partial charge in [0.15, 0.2) is 0 Å². The van der Waals surface area contributed by atoms with Crippen LogP contribution in [0.25, 0.3) is 22.5 Å². The number of imidazole rings is 1. The molecule has 126 valence electrons. The first-order chi connectivity index (χ1) is 12.9. The molecule has 26 heavy (non-hydrogen) atoms. The van der Waals surface area contributed by atoms with Crippen LogP contribution in [0.3, 0.4) is 0 Å². The minimum Gasteiger partial charge on any atom is -0.322 e. The van der Waals surface area contributed by atoms with E-state index in [-0.39, 0.29) is 0 Å². The van der Waals surface area contributed by atoms with Gasteiger partial charge in [-0.3, -0.25) is 0 Å². The van der Waals surface area contributed by atoms with Gasteiger partial charge in [-0.15, -0.1) is 0 Å². The number of rotatable bonds is 5. The highest BCUT2D eigenvalue weighted by atomic mass is 15.4. The summed E-state index contributed by atoms with van der Waals surface area (Å²) in [5.74, 6) is 0.606. The molecule has 0 unspecified atom stereocenters. The minimum absolute atomic E-state index is 0.606. The smallest absolute Gasteiger partial charge is 0.222 e. The fraction of sp³-hybridized carbons (Fsp3) is 0. The lowest BCUT2D eigenvalue weighted by Crippen LogP contribution is -1.92. The first-order valence-corrected chi connectivity index (χ1v) is 8.45. The Morgan fingerprint density at radius 3 is 1.96 bits per heavy atom. The van der Waals surface area contributed by atoms with Gasteiger partial charge in [0.2, 0.25) is 5.95 Å². The Bertz CT molecular complexity index is 933. The molecule has 4 rings (SSSR count). The number of hydrogen-bond donors (Lipinski definition) is 2. The van der Waals surface area contributed by atoms with Gasteiger partial charge < -0.3 is 4.98 Å². The molecule has 0 aliphatic carbocycles. The molecular weight excluding hydrogens is 320 g/mol. The Hall–Kier alpha value is -3.66. The summed E-state index contributed by atoms with van der Waals surface area (Å²) in [6.45, 7) is 0. The molecule has 0 aliphatic rings. The lowest BCUT2D eigenvalue weighted by Gasteiger charge is -2.02. The van der Waals surface area contributed by atoms with E-state index in [1.807, 2.05) is 66.7 Å². The van der Waals surface area contributed by atoms with Crippen LogP contribution in [0.5, 0.6) is 0 Å². The normalized spacial score (nSPS) is 10.9. The molecule has 2 N–H and O–H groups in total. The molecule has 1 aromatic heterocycles. The van der Waals surface area contributed by atoms with Gasteiger partial charge in [-0.1, -0.05) is 91.0 Å². The van der Waals surface area contributed by atoms with Crippen LogP contribution in [0.15, 0.2) is 96.1 Å². The number of hydrazone groups is 1. The van der Waals surface area contributed by atoms with Crippen molar-refractivity contribution in [1.29, 1.82) is 0 Å². The van der Waals surface area contributed by atoms with Crippen LogP contribution in [0.4, 0.5) is 5.95 Å². The van der Waals surface area contributed by atoms with E-state index in [4.69, 9.17) is 4.98 Å². The van der Waals surface area contributed by atoms with E-state index < -0.39 is 0 Å². The molecule has 0 fully saturated rings. The van der Waals surface area contributed by atoms with Gasteiger partial charge >= 0.3 is 0 Å². The quantitative estimate of drug-likeness (QED) is 0.389. The molecule has 0 spiro atoms. The van der Waals surface area contributed by atoms with Crippen molar-refractivity contribution in [2.45, 2.75) is 0 Å². The topological polar surface area (TPSA) is 53.1 Å². The van der Waals surface area contributed by atoms with Gasteiger partial charge in [0.05, 0.1) is 17.6 Å². The molecule has 0 bridgehead atoms. The van der Waals surface area contributed by atoms with E-state index in [1.165, 1.54) is 0 Å². The molecule has 4 aromatic rings. The largest absolute Gasteiger partial charge is 0.322 e. The fourth-order valence-electron chi connectivity index (χ4n) is 2.75. The molecule has 4 nitrogen and oxygen atoms in total. The summed E-state index contributed by atoms with van der Waals surface area (Å²) in [4.78, 5) is 8.05. The predicted octanol–water partition coefficient (Wildman–Crippen LogP) is 5.19. The number of aromatic nitrogens is 2. The van der Waals surface area contributed by atoms with Crippen molar-refractivity contribution in [2.24, 2.45) is 5.10 Å². The van der Waals surface area contributed by atoms with Crippen LogP contribution in [0.2, 0.25) is 0 Å². The highest BCUT2D eigenvalue weighted by Gasteiger charge is 2.13. The number of hydrogen-bond acceptors (Lipinski definition) is 3. The second-order valence-electron chi connectivity index (χ2n) is 5.82. The highest BCUT2D eigenvalue weighted by Crippen LogP contribution is 2.31. The minimum atomic E-state index is 0.606. The van der Waals surface area contributed by atoms with Gasteiger partial charge in [0, 0.05) is 11.1 Å². The van der Waals surface area contributed by atoms with E-state index in [2.05, 4.69) is 39.8 Å². The lowest BCUT2D eigenvalue weighted by molar-refractivity contribution is 1.20. The van der Waals surface area contributed by atoms with Gasteiger partial charge in [-0.2, -0.15) is 5.10 Å². The highest BCUT2D eigenvalue weighted by molar-refractivity contribution is 5.81. The van der Waals surface area contributed by atoms with Crippen molar-refractivity contribution < 1.29 is 0 Å². The number of H-pyrrole nitrogens is 1. The van der Waals surface area contributed by atoms with Gasteiger partial charge in [0.1, 0.15) is 0 Å². The summed E-state index contributed by atoms with van der Waals surface area (Å²) in [5, 5.41) is 4.28. The first-order valence-electron chi connectivity index (χ1n) is 8.45. The second-order valence-corrected chi connectivity index (χ2v) is 5.82. The van der Waals surface area contributed by atoms with E-state index >= 15 is 0 Å². The second kappa shape index (κ2) is 7.49. The zero-order valence-corrected chi connectivity index (χ0v) is 14.1. The van der Waals surface area contributed by atoms with Crippen LogP contribution in [0.1, 0.15) is 5.56 Å². The number of benzene rings is 3. The first kappa shape index (κ1) is 15.8. The van der Waals surface area contributed by atoms with E-state index in [1.54, 1.807) is 6.21 Å². The Balaban J connectivity index is 1.66. The number of aromatic amines is 1.